The average molecular weight is 246 g/mol. The Balaban J connectivity index is 1.69. The minimum absolute atomic E-state index is 0.0510. The standard InChI is InChI=1S/C16H26N2/c1-15(2,3)12-8-13-4-5-14(9-12)18(13)11-16(10-17)6-7-16/h12-14H,4-9,11H2,1-3H3. The number of fused-ring (bicyclic) bond motifs is 2. The van der Waals surface area contributed by atoms with Crippen LogP contribution < -0.4 is 0 Å². The highest BCUT2D eigenvalue weighted by molar-refractivity contribution is 5.13. The van der Waals surface area contributed by atoms with Crippen molar-refractivity contribution in [2.75, 3.05) is 6.54 Å². The third-order valence-corrected chi connectivity index (χ3v) is 5.69. The molecule has 100 valence electrons. The van der Waals surface area contributed by atoms with Crippen LogP contribution in [0, 0.1) is 28.1 Å². The molecule has 1 saturated carbocycles. The maximum Gasteiger partial charge on any atom is 0.0703 e. The van der Waals surface area contributed by atoms with Crippen molar-refractivity contribution >= 4 is 0 Å². The number of nitriles is 1. The molecule has 2 unspecified atom stereocenters. The maximum atomic E-state index is 9.28. The highest BCUT2D eigenvalue weighted by atomic mass is 15.2. The van der Waals surface area contributed by atoms with E-state index in [2.05, 4.69) is 31.7 Å². The summed E-state index contributed by atoms with van der Waals surface area (Å²) in [5, 5.41) is 9.28. The second-order valence-corrected chi connectivity index (χ2v) is 7.98. The SMILES string of the molecule is CC(C)(C)C1CC2CCC(C1)N2CC1(C#N)CC1. The summed E-state index contributed by atoms with van der Waals surface area (Å²) in [6.07, 6.45) is 7.75. The summed E-state index contributed by atoms with van der Waals surface area (Å²) in [6.45, 7) is 8.25. The van der Waals surface area contributed by atoms with E-state index in [-0.39, 0.29) is 5.41 Å². The van der Waals surface area contributed by atoms with Gasteiger partial charge in [0.05, 0.1) is 11.5 Å². The van der Waals surface area contributed by atoms with Gasteiger partial charge < -0.3 is 0 Å². The van der Waals surface area contributed by atoms with Crippen molar-refractivity contribution in [3.05, 3.63) is 0 Å². The summed E-state index contributed by atoms with van der Waals surface area (Å²) >= 11 is 0. The zero-order valence-electron chi connectivity index (χ0n) is 12.1. The molecule has 2 bridgehead atoms. The topological polar surface area (TPSA) is 27.0 Å². The van der Waals surface area contributed by atoms with Crippen LogP contribution in [0.3, 0.4) is 0 Å². The number of hydrogen-bond acceptors (Lipinski definition) is 2. The summed E-state index contributed by atoms with van der Waals surface area (Å²) in [7, 11) is 0. The fourth-order valence-electron chi connectivity index (χ4n) is 4.05. The third kappa shape index (κ3) is 2.07. The lowest BCUT2D eigenvalue weighted by atomic mass is 9.73. The Labute approximate surface area is 111 Å². The summed E-state index contributed by atoms with van der Waals surface area (Å²) < 4.78 is 0. The molecule has 2 saturated heterocycles. The van der Waals surface area contributed by atoms with Gasteiger partial charge in [0.1, 0.15) is 0 Å². The van der Waals surface area contributed by atoms with Crippen molar-refractivity contribution in [1.82, 2.24) is 4.90 Å². The summed E-state index contributed by atoms with van der Waals surface area (Å²) in [5.41, 5.74) is 0.509. The van der Waals surface area contributed by atoms with Crippen LogP contribution in [0.25, 0.3) is 0 Å². The van der Waals surface area contributed by atoms with Crippen LogP contribution in [0.1, 0.15) is 59.3 Å². The molecule has 18 heavy (non-hydrogen) atoms. The zero-order chi connectivity index (χ0) is 13.0. The molecule has 0 aromatic rings. The molecule has 2 aliphatic heterocycles. The van der Waals surface area contributed by atoms with Gasteiger partial charge in [-0.3, -0.25) is 4.90 Å². The van der Waals surface area contributed by atoms with Gasteiger partial charge in [0.2, 0.25) is 0 Å². The van der Waals surface area contributed by atoms with E-state index in [1.807, 2.05) is 0 Å². The Morgan fingerprint density at radius 3 is 2.11 bits per heavy atom. The Bertz CT molecular complexity index is 356. The normalized spacial score (nSPS) is 38.4. The zero-order valence-corrected chi connectivity index (χ0v) is 12.1. The van der Waals surface area contributed by atoms with Gasteiger partial charge in [-0.1, -0.05) is 20.8 Å². The van der Waals surface area contributed by atoms with Crippen molar-refractivity contribution in [3.63, 3.8) is 0 Å². The Morgan fingerprint density at radius 1 is 1.17 bits per heavy atom. The van der Waals surface area contributed by atoms with E-state index in [1.165, 1.54) is 25.7 Å². The van der Waals surface area contributed by atoms with E-state index in [0.29, 0.717) is 5.41 Å². The molecule has 0 aromatic carbocycles. The van der Waals surface area contributed by atoms with Crippen molar-refractivity contribution in [2.24, 2.45) is 16.7 Å². The van der Waals surface area contributed by atoms with Crippen molar-refractivity contribution in [2.45, 2.75) is 71.4 Å². The van der Waals surface area contributed by atoms with E-state index in [1.54, 1.807) is 0 Å². The predicted molar refractivity (Wildman–Crippen MR) is 73.0 cm³/mol. The van der Waals surface area contributed by atoms with Crippen LogP contribution in [-0.4, -0.2) is 23.5 Å². The highest BCUT2D eigenvalue weighted by Gasteiger charge is 2.50. The summed E-state index contributed by atoms with van der Waals surface area (Å²) in [5.74, 6) is 0.878. The molecular weight excluding hydrogens is 220 g/mol. The molecule has 0 spiro atoms. The predicted octanol–water partition coefficient (Wildman–Crippen LogP) is 3.58. The van der Waals surface area contributed by atoms with Crippen LogP contribution in [-0.2, 0) is 0 Å². The molecule has 3 rings (SSSR count). The fraction of sp³-hybridized carbons (Fsp3) is 0.938. The van der Waals surface area contributed by atoms with Gasteiger partial charge in [0.15, 0.2) is 0 Å². The Hall–Kier alpha value is -0.550. The Kier molecular flexibility index (Phi) is 2.75. The first-order chi connectivity index (χ1) is 8.43. The lowest BCUT2D eigenvalue weighted by Crippen LogP contribution is -2.47. The lowest BCUT2D eigenvalue weighted by Gasteiger charge is -2.44. The van der Waals surface area contributed by atoms with Crippen molar-refractivity contribution in [3.8, 4) is 6.07 Å². The largest absolute Gasteiger partial charge is 0.296 e. The number of rotatable bonds is 2. The van der Waals surface area contributed by atoms with E-state index in [9.17, 15) is 5.26 Å². The van der Waals surface area contributed by atoms with Crippen LogP contribution in [0.5, 0.6) is 0 Å². The van der Waals surface area contributed by atoms with Gasteiger partial charge in [-0.25, -0.2) is 0 Å². The van der Waals surface area contributed by atoms with Crippen molar-refractivity contribution < 1.29 is 0 Å². The Morgan fingerprint density at radius 2 is 1.72 bits per heavy atom. The second kappa shape index (κ2) is 3.97. The van der Waals surface area contributed by atoms with Gasteiger partial charge >= 0.3 is 0 Å². The van der Waals surface area contributed by atoms with Crippen LogP contribution in [0.4, 0.5) is 0 Å². The highest BCUT2D eigenvalue weighted by Crippen LogP contribution is 2.51. The van der Waals surface area contributed by atoms with E-state index in [0.717, 1.165) is 37.4 Å². The van der Waals surface area contributed by atoms with Gasteiger partial charge in [0.25, 0.3) is 0 Å². The summed E-state index contributed by atoms with van der Waals surface area (Å²) in [4.78, 5) is 2.71. The van der Waals surface area contributed by atoms with E-state index < -0.39 is 0 Å². The fourth-order valence-corrected chi connectivity index (χ4v) is 4.05. The molecule has 2 heterocycles. The molecule has 0 radical (unpaired) electrons. The number of hydrogen-bond donors (Lipinski definition) is 0. The van der Waals surface area contributed by atoms with Gasteiger partial charge in [-0.2, -0.15) is 5.26 Å². The third-order valence-electron chi connectivity index (χ3n) is 5.69. The lowest BCUT2D eigenvalue weighted by molar-refractivity contribution is 0.0462. The number of nitrogens with zero attached hydrogens (tertiary/aromatic N) is 2. The first kappa shape index (κ1) is 12.5. The molecule has 2 nitrogen and oxygen atoms in total. The number of piperidine rings is 1. The molecule has 2 heteroatoms. The van der Waals surface area contributed by atoms with Gasteiger partial charge in [-0.15, -0.1) is 0 Å². The van der Waals surface area contributed by atoms with E-state index >= 15 is 0 Å². The quantitative estimate of drug-likeness (QED) is 0.744. The van der Waals surface area contributed by atoms with Crippen LogP contribution >= 0.6 is 0 Å². The minimum Gasteiger partial charge on any atom is -0.296 e. The van der Waals surface area contributed by atoms with Crippen LogP contribution in [0.2, 0.25) is 0 Å². The average Bonchev–Trinajstić information content (AvgIpc) is 3.02. The molecule has 0 amide bonds. The molecule has 1 aliphatic carbocycles. The monoisotopic (exact) mass is 246 g/mol. The molecule has 3 fully saturated rings. The minimum atomic E-state index is 0.0510. The molecule has 3 aliphatic rings. The molecule has 0 N–H and O–H groups in total. The van der Waals surface area contributed by atoms with Crippen LogP contribution in [0.15, 0.2) is 0 Å². The van der Waals surface area contributed by atoms with Crippen molar-refractivity contribution in [1.29, 1.82) is 5.26 Å². The molecule has 0 aromatic heterocycles. The van der Waals surface area contributed by atoms with Gasteiger partial charge in [0, 0.05) is 18.6 Å². The van der Waals surface area contributed by atoms with Gasteiger partial charge in [-0.05, 0) is 49.9 Å². The molecule has 2 atom stereocenters. The smallest absolute Gasteiger partial charge is 0.0703 e. The molecular formula is C16H26N2. The first-order valence-electron chi connectivity index (χ1n) is 7.61. The maximum absolute atomic E-state index is 9.28. The van der Waals surface area contributed by atoms with E-state index in [4.69, 9.17) is 0 Å². The first-order valence-corrected chi connectivity index (χ1v) is 7.61. The summed E-state index contributed by atoms with van der Waals surface area (Å²) in [6, 6.07) is 4.12. The second-order valence-electron chi connectivity index (χ2n) is 7.98.